The number of hydrogen-bond acceptors (Lipinski definition) is 5. The van der Waals surface area contributed by atoms with Crippen molar-refractivity contribution in [3.63, 3.8) is 0 Å². The standard InChI is InChI=1S/C16H13N5O2.2ClH/c22-15-13(7-10-8-18-14-12(10)4-1-5-17-14)20-16(21-15)19-9-11-3-2-6-23-11;;/h1-8H,9H2,(H,17,18)(H2,19,20,21,22);2*1H. The van der Waals surface area contributed by atoms with Crippen LogP contribution in [0.3, 0.4) is 0 Å². The van der Waals surface area contributed by atoms with Gasteiger partial charge >= 0.3 is 0 Å². The lowest BCUT2D eigenvalue weighted by Gasteiger charge is -2.01. The number of aromatic nitrogens is 2. The van der Waals surface area contributed by atoms with Crippen molar-refractivity contribution in [3.8, 4) is 0 Å². The summed E-state index contributed by atoms with van der Waals surface area (Å²) >= 11 is 0. The minimum absolute atomic E-state index is 0. The summed E-state index contributed by atoms with van der Waals surface area (Å²) < 4.78 is 5.22. The Morgan fingerprint density at radius 1 is 1.24 bits per heavy atom. The van der Waals surface area contributed by atoms with Gasteiger partial charge in [0, 0.05) is 23.3 Å². The summed E-state index contributed by atoms with van der Waals surface area (Å²) in [6.45, 7) is 0.455. The molecule has 0 saturated heterocycles. The van der Waals surface area contributed by atoms with Gasteiger partial charge in [0.25, 0.3) is 5.91 Å². The molecule has 0 bridgehead atoms. The Morgan fingerprint density at radius 3 is 2.92 bits per heavy atom. The van der Waals surface area contributed by atoms with Crippen molar-refractivity contribution in [2.24, 2.45) is 4.99 Å². The quantitative estimate of drug-likeness (QED) is 0.609. The van der Waals surface area contributed by atoms with Crippen LogP contribution in [0.5, 0.6) is 0 Å². The Labute approximate surface area is 155 Å². The van der Waals surface area contributed by atoms with Crippen LogP contribution in [0.4, 0.5) is 0 Å². The number of rotatable bonds is 3. The highest BCUT2D eigenvalue weighted by molar-refractivity contribution is 6.14. The maximum Gasteiger partial charge on any atom is 0.276 e. The van der Waals surface area contributed by atoms with Gasteiger partial charge in [-0.1, -0.05) is 0 Å². The number of fused-ring (bicyclic) bond motifs is 1. The van der Waals surface area contributed by atoms with E-state index in [1.165, 1.54) is 0 Å². The zero-order valence-corrected chi connectivity index (χ0v) is 14.5. The third kappa shape index (κ3) is 3.84. The third-order valence-electron chi connectivity index (χ3n) is 3.48. The minimum atomic E-state index is -0.245. The highest BCUT2D eigenvalue weighted by Gasteiger charge is 2.20. The molecule has 0 aliphatic carbocycles. The average Bonchev–Trinajstić information content (AvgIpc) is 3.28. The Morgan fingerprint density at radius 2 is 2.12 bits per heavy atom. The highest BCUT2D eigenvalue weighted by Crippen LogP contribution is 2.20. The van der Waals surface area contributed by atoms with Gasteiger partial charge in [0.05, 0.1) is 12.8 Å². The summed E-state index contributed by atoms with van der Waals surface area (Å²) in [5.74, 6) is 0.933. The predicted octanol–water partition coefficient (Wildman–Crippen LogP) is 2.62. The molecule has 3 aromatic heterocycles. The molecule has 25 heavy (non-hydrogen) atoms. The van der Waals surface area contributed by atoms with E-state index in [9.17, 15) is 4.79 Å². The number of furan rings is 1. The second-order valence-electron chi connectivity index (χ2n) is 5.02. The van der Waals surface area contributed by atoms with E-state index in [2.05, 4.69) is 25.6 Å². The van der Waals surface area contributed by atoms with E-state index in [0.29, 0.717) is 18.2 Å². The van der Waals surface area contributed by atoms with E-state index >= 15 is 0 Å². The first-order valence-electron chi connectivity index (χ1n) is 7.10. The molecule has 4 rings (SSSR count). The van der Waals surface area contributed by atoms with Gasteiger partial charge in [-0.3, -0.25) is 10.1 Å². The molecule has 0 unspecified atom stereocenters. The lowest BCUT2D eigenvalue weighted by molar-refractivity contribution is -0.115. The van der Waals surface area contributed by atoms with E-state index in [1.807, 2.05) is 30.5 Å². The number of pyridine rings is 1. The van der Waals surface area contributed by atoms with Gasteiger partial charge in [0.1, 0.15) is 17.1 Å². The molecule has 1 aliphatic heterocycles. The fraction of sp³-hybridized carbons (Fsp3) is 0.0625. The first-order chi connectivity index (χ1) is 11.3. The first-order valence-corrected chi connectivity index (χ1v) is 7.10. The molecule has 0 fully saturated rings. The Hall–Kier alpha value is -2.77. The Balaban J connectivity index is 0.00000113. The van der Waals surface area contributed by atoms with E-state index in [4.69, 9.17) is 4.42 Å². The lowest BCUT2D eigenvalue weighted by atomic mass is 10.2. The van der Waals surface area contributed by atoms with Crippen LogP contribution >= 0.6 is 24.8 Å². The van der Waals surface area contributed by atoms with Crippen molar-refractivity contribution in [1.29, 1.82) is 0 Å². The molecule has 3 aromatic rings. The summed E-state index contributed by atoms with van der Waals surface area (Å²) in [7, 11) is 0. The number of amides is 1. The summed E-state index contributed by atoms with van der Waals surface area (Å²) in [6, 6.07) is 7.45. The second-order valence-corrected chi connectivity index (χ2v) is 5.02. The normalized spacial score (nSPS) is 14.6. The summed E-state index contributed by atoms with van der Waals surface area (Å²) in [5.41, 5.74) is 1.99. The SMILES string of the molecule is Cl.Cl.O=C1NC(NCc2ccco2)=NC1=Cc1c[nH]c2ncccc12. The van der Waals surface area contributed by atoms with Crippen LogP contribution in [0, 0.1) is 0 Å². The van der Waals surface area contributed by atoms with Crippen LogP contribution < -0.4 is 10.6 Å². The smallest absolute Gasteiger partial charge is 0.276 e. The van der Waals surface area contributed by atoms with Gasteiger partial charge in [-0.05, 0) is 30.3 Å². The van der Waals surface area contributed by atoms with Crippen LogP contribution in [0.25, 0.3) is 17.1 Å². The number of aliphatic imine (C=N–C) groups is 1. The number of carbonyl (C=O) groups is 1. The van der Waals surface area contributed by atoms with Gasteiger partial charge < -0.3 is 14.7 Å². The number of nitrogens with one attached hydrogen (secondary N) is 3. The van der Waals surface area contributed by atoms with Gasteiger partial charge in [0.15, 0.2) is 0 Å². The van der Waals surface area contributed by atoms with Crippen LogP contribution in [0.15, 0.2) is 58.0 Å². The molecule has 1 aliphatic rings. The Bertz CT molecular complexity index is 931. The molecular formula is C16H15Cl2N5O2. The summed E-state index contributed by atoms with van der Waals surface area (Å²) in [5, 5.41) is 6.66. The predicted molar refractivity (Wildman–Crippen MR) is 99.7 cm³/mol. The fourth-order valence-corrected chi connectivity index (χ4v) is 2.38. The number of hydrogen-bond donors (Lipinski definition) is 3. The number of aromatic amines is 1. The van der Waals surface area contributed by atoms with Crippen LogP contribution in [0.2, 0.25) is 0 Å². The van der Waals surface area contributed by atoms with E-state index in [1.54, 1.807) is 18.5 Å². The van der Waals surface area contributed by atoms with Crippen molar-refractivity contribution in [2.75, 3.05) is 0 Å². The summed E-state index contributed by atoms with van der Waals surface area (Å²) in [6.07, 6.45) is 6.86. The summed E-state index contributed by atoms with van der Waals surface area (Å²) in [4.78, 5) is 23.6. The number of halogens is 2. The first kappa shape index (κ1) is 18.6. The molecule has 130 valence electrons. The lowest BCUT2D eigenvalue weighted by Crippen LogP contribution is -2.35. The van der Waals surface area contributed by atoms with Gasteiger partial charge in [0.2, 0.25) is 5.96 Å². The van der Waals surface area contributed by atoms with Crippen LogP contribution in [0.1, 0.15) is 11.3 Å². The van der Waals surface area contributed by atoms with Crippen molar-refractivity contribution in [3.05, 3.63) is 59.9 Å². The van der Waals surface area contributed by atoms with E-state index < -0.39 is 0 Å². The molecule has 0 saturated carbocycles. The van der Waals surface area contributed by atoms with Gasteiger partial charge in [-0.2, -0.15) is 0 Å². The molecule has 0 atom stereocenters. The molecule has 0 spiro atoms. The molecule has 0 radical (unpaired) electrons. The molecule has 4 heterocycles. The van der Waals surface area contributed by atoms with Gasteiger partial charge in [-0.25, -0.2) is 9.98 Å². The monoisotopic (exact) mass is 379 g/mol. The number of carbonyl (C=O) groups excluding carboxylic acids is 1. The maximum atomic E-state index is 12.0. The van der Waals surface area contributed by atoms with Gasteiger partial charge in [-0.15, -0.1) is 24.8 Å². The number of nitrogens with zero attached hydrogens (tertiary/aromatic N) is 2. The zero-order chi connectivity index (χ0) is 15.6. The van der Waals surface area contributed by atoms with E-state index in [0.717, 1.165) is 22.4 Å². The number of H-pyrrole nitrogens is 1. The third-order valence-corrected chi connectivity index (χ3v) is 3.48. The van der Waals surface area contributed by atoms with Crippen molar-refractivity contribution in [1.82, 2.24) is 20.6 Å². The second kappa shape index (κ2) is 7.87. The topological polar surface area (TPSA) is 95.3 Å². The van der Waals surface area contributed by atoms with Crippen LogP contribution in [-0.2, 0) is 11.3 Å². The molecule has 0 aromatic carbocycles. The van der Waals surface area contributed by atoms with Crippen molar-refractivity contribution in [2.45, 2.75) is 6.54 Å². The largest absolute Gasteiger partial charge is 0.467 e. The molecule has 9 heteroatoms. The molecule has 7 nitrogen and oxygen atoms in total. The minimum Gasteiger partial charge on any atom is -0.467 e. The van der Waals surface area contributed by atoms with Crippen molar-refractivity contribution < 1.29 is 9.21 Å². The van der Waals surface area contributed by atoms with E-state index in [-0.39, 0.29) is 30.7 Å². The zero-order valence-electron chi connectivity index (χ0n) is 12.9. The highest BCUT2D eigenvalue weighted by atomic mass is 35.5. The molecule has 3 N–H and O–H groups in total. The number of guanidine groups is 1. The Kier molecular flexibility index (Phi) is 5.84. The van der Waals surface area contributed by atoms with Crippen LogP contribution in [-0.4, -0.2) is 21.8 Å². The molecular weight excluding hydrogens is 365 g/mol. The average molecular weight is 380 g/mol. The maximum absolute atomic E-state index is 12.0. The van der Waals surface area contributed by atoms with Crippen molar-refractivity contribution >= 4 is 53.8 Å². The molecule has 1 amide bonds. The fourth-order valence-electron chi connectivity index (χ4n) is 2.38.